The normalized spacial score (nSPS) is 11.5. The number of aliphatic hydroxyl groups excluding tert-OH is 4. The number of hydrogen-bond donors (Lipinski definition) is 4. The second-order valence-electron chi connectivity index (χ2n) is 9.59. The molecule has 0 saturated heterocycles. The standard InChI is InChI=1S/C27H58O4P2.Pd/c28-18-9-1-5-13-22-32(23-14-6-2-10-19-29)26-17-27-33(24-15-7-3-11-20-30)25-16-8-4-12-21-31;/h28-31H,1-27H2;. The van der Waals surface area contributed by atoms with Gasteiger partial charge in [0.05, 0.1) is 0 Å². The van der Waals surface area contributed by atoms with E-state index in [9.17, 15) is 0 Å². The van der Waals surface area contributed by atoms with Crippen molar-refractivity contribution in [3.63, 3.8) is 0 Å². The SMILES string of the molecule is OCCCCCCP(CCCCCCO)CCCP(CCCCCCO)CCCCCCO.[Pd]. The maximum absolute atomic E-state index is 9.00. The van der Waals surface area contributed by atoms with Crippen LogP contribution in [0.3, 0.4) is 0 Å². The summed E-state index contributed by atoms with van der Waals surface area (Å²) >= 11 is 0. The van der Waals surface area contributed by atoms with Gasteiger partial charge in [0, 0.05) is 46.9 Å². The Morgan fingerprint density at radius 3 is 0.706 bits per heavy atom. The van der Waals surface area contributed by atoms with E-state index in [4.69, 9.17) is 20.4 Å². The average Bonchev–Trinajstić information content (AvgIpc) is 2.82. The Bertz CT molecular complexity index is 308. The minimum atomic E-state index is 0. The molecule has 4 N–H and O–H groups in total. The van der Waals surface area contributed by atoms with Crippen molar-refractivity contribution in [2.45, 2.75) is 109 Å². The van der Waals surface area contributed by atoms with Crippen molar-refractivity contribution < 1.29 is 40.8 Å². The summed E-state index contributed by atoms with van der Waals surface area (Å²) in [5.41, 5.74) is 0. The molecule has 0 saturated carbocycles. The van der Waals surface area contributed by atoms with Gasteiger partial charge in [0.25, 0.3) is 0 Å². The number of hydrogen-bond acceptors (Lipinski definition) is 4. The molecule has 210 valence electrons. The third kappa shape index (κ3) is 27.9. The van der Waals surface area contributed by atoms with Crippen molar-refractivity contribution in [3.8, 4) is 0 Å². The summed E-state index contributed by atoms with van der Waals surface area (Å²) in [6, 6.07) is 0. The molecule has 0 aromatic carbocycles. The predicted molar refractivity (Wildman–Crippen MR) is 150 cm³/mol. The van der Waals surface area contributed by atoms with Crippen LogP contribution in [-0.4, -0.2) is 83.8 Å². The number of rotatable bonds is 28. The van der Waals surface area contributed by atoms with Crippen LogP contribution in [0.4, 0.5) is 0 Å². The molecule has 0 aliphatic heterocycles. The van der Waals surface area contributed by atoms with E-state index in [0.717, 1.165) is 25.7 Å². The third-order valence-corrected chi connectivity index (χ3v) is 12.2. The van der Waals surface area contributed by atoms with Crippen LogP contribution in [0.5, 0.6) is 0 Å². The van der Waals surface area contributed by atoms with Crippen molar-refractivity contribution in [1.29, 1.82) is 0 Å². The Morgan fingerprint density at radius 1 is 0.265 bits per heavy atom. The van der Waals surface area contributed by atoms with Gasteiger partial charge >= 0.3 is 0 Å². The molecule has 0 aliphatic carbocycles. The van der Waals surface area contributed by atoms with Crippen LogP contribution in [-0.2, 0) is 20.4 Å². The zero-order valence-electron chi connectivity index (χ0n) is 22.1. The van der Waals surface area contributed by atoms with Crippen LogP contribution in [0.15, 0.2) is 0 Å². The van der Waals surface area contributed by atoms with Gasteiger partial charge in [-0.1, -0.05) is 51.4 Å². The van der Waals surface area contributed by atoms with Crippen molar-refractivity contribution in [2.75, 3.05) is 63.4 Å². The first-order chi connectivity index (χ1) is 16.3. The van der Waals surface area contributed by atoms with E-state index in [1.165, 1.54) is 120 Å². The molecule has 0 aromatic rings. The monoisotopic (exact) mass is 614 g/mol. The topological polar surface area (TPSA) is 80.9 Å². The Kier molecular flexibility index (Phi) is 35.7. The van der Waals surface area contributed by atoms with E-state index < -0.39 is 0 Å². The second kappa shape index (κ2) is 32.4. The van der Waals surface area contributed by atoms with Crippen molar-refractivity contribution in [2.24, 2.45) is 0 Å². The van der Waals surface area contributed by atoms with E-state index in [2.05, 4.69) is 0 Å². The summed E-state index contributed by atoms with van der Waals surface area (Å²) in [7, 11) is 0.310. The Balaban J connectivity index is 0. The smallest absolute Gasteiger partial charge is 0.0431 e. The molecule has 0 radical (unpaired) electrons. The molecule has 0 bridgehead atoms. The minimum absolute atomic E-state index is 0. The van der Waals surface area contributed by atoms with E-state index in [1.54, 1.807) is 0 Å². The largest absolute Gasteiger partial charge is 0.396 e. The van der Waals surface area contributed by atoms with Gasteiger partial charge in [0.2, 0.25) is 0 Å². The fourth-order valence-electron chi connectivity index (χ4n) is 4.39. The molecule has 0 unspecified atom stereocenters. The molecular formula is C27H58O4P2Pd. The van der Waals surface area contributed by atoms with Gasteiger partial charge in [-0.2, -0.15) is 0 Å². The van der Waals surface area contributed by atoms with Crippen molar-refractivity contribution in [3.05, 3.63) is 0 Å². The van der Waals surface area contributed by atoms with E-state index in [0.29, 0.717) is 26.4 Å². The Labute approximate surface area is 228 Å². The molecule has 7 heteroatoms. The zero-order chi connectivity index (χ0) is 24.2. The van der Waals surface area contributed by atoms with Gasteiger partial charge in [0.15, 0.2) is 0 Å². The number of unbranched alkanes of at least 4 members (excludes halogenated alkanes) is 12. The predicted octanol–water partition coefficient (Wildman–Crippen LogP) is 6.55. The first-order valence-electron chi connectivity index (χ1n) is 14.2. The maximum atomic E-state index is 9.00. The molecule has 34 heavy (non-hydrogen) atoms. The molecule has 0 heterocycles. The molecule has 0 fully saturated rings. The summed E-state index contributed by atoms with van der Waals surface area (Å²) in [6.45, 7) is 1.35. The fraction of sp³-hybridized carbons (Fsp3) is 1.00. The molecule has 4 nitrogen and oxygen atoms in total. The fourth-order valence-corrected chi connectivity index (χ4v) is 9.88. The van der Waals surface area contributed by atoms with Crippen LogP contribution in [0.2, 0.25) is 0 Å². The molecule has 0 aromatic heterocycles. The van der Waals surface area contributed by atoms with Crippen LogP contribution in [0.25, 0.3) is 0 Å². The van der Waals surface area contributed by atoms with Gasteiger partial charge in [0.1, 0.15) is 0 Å². The van der Waals surface area contributed by atoms with Gasteiger partial charge < -0.3 is 20.4 Å². The Morgan fingerprint density at radius 2 is 0.471 bits per heavy atom. The van der Waals surface area contributed by atoms with Crippen LogP contribution >= 0.6 is 15.8 Å². The van der Waals surface area contributed by atoms with E-state index in [1.807, 2.05) is 0 Å². The molecule has 0 spiro atoms. The van der Waals surface area contributed by atoms with E-state index in [-0.39, 0.29) is 36.3 Å². The van der Waals surface area contributed by atoms with Gasteiger partial charge in [-0.3, -0.25) is 0 Å². The maximum Gasteiger partial charge on any atom is 0.0431 e. The van der Waals surface area contributed by atoms with Gasteiger partial charge in [-0.15, -0.1) is 15.8 Å². The summed E-state index contributed by atoms with van der Waals surface area (Å²) in [5.74, 6) is 0. The van der Waals surface area contributed by atoms with Crippen molar-refractivity contribution >= 4 is 15.8 Å². The summed E-state index contributed by atoms with van der Waals surface area (Å²) < 4.78 is 0. The van der Waals surface area contributed by atoms with Crippen LogP contribution < -0.4 is 0 Å². The molecule has 0 atom stereocenters. The summed E-state index contributed by atoms with van der Waals surface area (Å²) in [4.78, 5) is 0. The zero-order valence-corrected chi connectivity index (χ0v) is 25.4. The first kappa shape index (κ1) is 37.5. The second-order valence-corrected chi connectivity index (χ2v) is 15.0. The Hall–Kier alpha value is 1.36. The van der Waals surface area contributed by atoms with Crippen molar-refractivity contribution in [1.82, 2.24) is 0 Å². The molecule has 0 amide bonds. The first-order valence-corrected chi connectivity index (χ1v) is 18.0. The van der Waals surface area contributed by atoms with Gasteiger partial charge in [-0.05, 0) is 94.8 Å². The molecule has 0 rings (SSSR count). The van der Waals surface area contributed by atoms with Gasteiger partial charge in [-0.25, -0.2) is 0 Å². The summed E-state index contributed by atoms with van der Waals surface area (Å²) in [6.07, 6.45) is 29.0. The minimum Gasteiger partial charge on any atom is -0.396 e. The molecular weight excluding hydrogens is 557 g/mol. The quantitative estimate of drug-likeness (QED) is 0.0458. The summed E-state index contributed by atoms with van der Waals surface area (Å²) in [5, 5.41) is 36.0. The average molecular weight is 615 g/mol. The molecule has 0 aliphatic rings. The van der Waals surface area contributed by atoms with Crippen LogP contribution in [0.1, 0.15) is 109 Å². The van der Waals surface area contributed by atoms with Crippen LogP contribution in [0, 0.1) is 0 Å². The third-order valence-electron chi connectivity index (χ3n) is 6.48. The van der Waals surface area contributed by atoms with E-state index >= 15 is 0 Å². The number of aliphatic hydroxyl groups is 4.